The summed E-state index contributed by atoms with van der Waals surface area (Å²) in [5, 5.41) is 17.6. The average Bonchev–Trinajstić information content (AvgIpc) is 2.45. The summed E-state index contributed by atoms with van der Waals surface area (Å²) < 4.78 is 25.9. The third-order valence-corrected chi connectivity index (χ3v) is 4.61. The molecular weight excluding hydrogens is 278 g/mol. The molecule has 0 bridgehead atoms. The molecule has 20 heavy (non-hydrogen) atoms. The van der Waals surface area contributed by atoms with Gasteiger partial charge in [0.2, 0.25) is 10.0 Å². The van der Waals surface area contributed by atoms with Crippen molar-refractivity contribution in [3.8, 4) is 11.8 Å². The summed E-state index contributed by atoms with van der Waals surface area (Å²) in [6.07, 6.45) is 0.350. The summed E-state index contributed by atoms with van der Waals surface area (Å²) in [7, 11) is -3.61. The Morgan fingerprint density at radius 3 is 2.60 bits per heavy atom. The molecule has 0 spiro atoms. The van der Waals surface area contributed by atoms with Gasteiger partial charge in [0, 0.05) is 25.1 Å². The van der Waals surface area contributed by atoms with Crippen LogP contribution in [-0.4, -0.2) is 49.2 Å². The van der Waals surface area contributed by atoms with Gasteiger partial charge in [0.05, 0.1) is 18.1 Å². The molecule has 110 valence electrons. The number of sulfonamides is 1. The van der Waals surface area contributed by atoms with Crippen molar-refractivity contribution in [2.45, 2.75) is 18.2 Å². The highest BCUT2D eigenvalue weighted by atomic mass is 32.2. The molecule has 2 N–H and O–H groups in total. The average molecular weight is 297 g/mol. The van der Waals surface area contributed by atoms with Gasteiger partial charge in [0.25, 0.3) is 0 Å². The van der Waals surface area contributed by atoms with Crippen molar-refractivity contribution in [1.29, 1.82) is 0 Å². The molecule has 0 fully saturated rings. The molecule has 1 aromatic carbocycles. The summed E-state index contributed by atoms with van der Waals surface area (Å²) >= 11 is 0. The first-order valence-corrected chi connectivity index (χ1v) is 7.81. The highest BCUT2D eigenvalue weighted by Gasteiger charge is 2.22. The van der Waals surface area contributed by atoms with E-state index in [2.05, 4.69) is 11.8 Å². The van der Waals surface area contributed by atoms with Gasteiger partial charge < -0.3 is 10.2 Å². The van der Waals surface area contributed by atoms with Crippen LogP contribution >= 0.6 is 0 Å². The summed E-state index contributed by atoms with van der Waals surface area (Å²) in [4.78, 5) is 0.156. The van der Waals surface area contributed by atoms with E-state index in [1.54, 1.807) is 19.1 Å². The molecule has 0 saturated carbocycles. The molecular formula is C14H19NO4S. The van der Waals surface area contributed by atoms with Crippen LogP contribution in [0.4, 0.5) is 0 Å². The summed E-state index contributed by atoms with van der Waals surface area (Å²) in [5.41, 5.74) is 0.583. The number of aliphatic hydroxyl groups is 2. The van der Waals surface area contributed by atoms with E-state index in [1.807, 2.05) is 0 Å². The topological polar surface area (TPSA) is 77.8 Å². The van der Waals surface area contributed by atoms with Crippen LogP contribution < -0.4 is 0 Å². The predicted octanol–water partition coefficient (Wildman–Crippen LogP) is 0.423. The van der Waals surface area contributed by atoms with E-state index >= 15 is 0 Å². The van der Waals surface area contributed by atoms with E-state index in [0.717, 1.165) is 0 Å². The van der Waals surface area contributed by atoms with Crippen molar-refractivity contribution in [2.24, 2.45) is 0 Å². The fourth-order valence-corrected chi connectivity index (χ4v) is 3.15. The molecule has 1 rings (SSSR count). The van der Waals surface area contributed by atoms with Gasteiger partial charge in [-0.05, 0) is 18.2 Å². The van der Waals surface area contributed by atoms with Crippen LogP contribution in [0.3, 0.4) is 0 Å². The number of aliphatic hydroxyl groups excluding tert-OH is 2. The monoisotopic (exact) mass is 297 g/mol. The maximum Gasteiger partial charge on any atom is 0.243 e. The van der Waals surface area contributed by atoms with E-state index in [4.69, 9.17) is 10.2 Å². The second-order valence-electron chi connectivity index (χ2n) is 4.02. The molecule has 0 aliphatic carbocycles. The molecule has 0 heterocycles. The van der Waals surface area contributed by atoms with E-state index < -0.39 is 10.0 Å². The lowest BCUT2D eigenvalue weighted by Crippen LogP contribution is -2.33. The summed E-state index contributed by atoms with van der Waals surface area (Å²) in [6, 6.07) is 6.35. The normalized spacial score (nSPS) is 11.2. The van der Waals surface area contributed by atoms with Crippen LogP contribution in [-0.2, 0) is 10.0 Å². The SMILES string of the molecule is CCN(CCO)S(=O)(=O)c1cccc(C#CCCO)c1. The standard InChI is InChI=1S/C14H19NO4S/c1-2-15(9-11-17)20(18,19)14-8-5-7-13(12-14)6-3-4-10-16/h5,7-8,12,16-17H,2,4,9-11H2,1H3. The zero-order valence-corrected chi connectivity index (χ0v) is 12.2. The molecule has 0 radical (unpaired) electrons. The number of benzene rings is 1. The van der Waals surface area contributed by atoms with Crippen LogP contribution in [0.2, 0.25) is 0 Å². The summed E-state index contributed by atoms with van der Waals surface area (Å²) in [6.45, 7) is 1.84. The van der Waals surface area contributed by atoms with Crippen LogP contribution in [0, 0.1) is 11.8 Å². The van der Waals surface area contributed by atoms with Gasteiger partial charge >= 0.3 is 0 Å². The minimum absolute atomic E-state index is 0.0227. The molecule has 1 aromatic rings. The van der Waals surface area contributed by atoms with E-state index in [0.29, 0.717) is 18.5 Å². The van der Waals surface area contributed by atoms with Crippen molar-refractivity contribution in [2.75, 3.05) is 26.3 Å². The highest BCUT2D eigenvalue weighted by molar-refractivity contribution is 7.89. The molecule has 0 atom stereocenters. The first kappa shape index (κ1) is 16.7. The molecule has 0 aromatic heterocycles. The zero-order chi connectivity index (χ0) is 15.0. The number of hydrogen-bond donors (Lipinski definition) is 2. The maximum atomic E-state index is 12.4. The first-order chi connectivity index (χ1) is 9.56. The van der Waals surface area contributed by atoms with Crippen molar-refractivity contribution >= 4 is 10.0 Å². The second kappa shape index (κ2) is 8.02. The molecule has 0 aliphatic heterocycles. The maximum absolute atomic E-state index is 12.4. The Morgan fingerprint density at radius 2 is 2.00 bits per heavy atom. The zero-order valence-electron chi connectivity index (χ0n) is 11.4. The smallest absolute Gasteiger partial charge is 0.243 e. The lowest BCUT2D eigenvalue weighted by Gasteiger charge is -2.19. The Kier molecular flexibility index (Phi) is 6.68. The minimum Gasteiger partial charge on any atom is -0.395 e. The van der Waals surface area contributed by atoms with Gasteiger partial charge in [-0.3, -0.25) is 0 Å². The van der Waals surface area contributed by atoms with Gasteiger partial charge in [0.15, 0.2) is 0 Å². The lowest BCUT2D eigenvalue weighted by molar-refractivity contribution is 0.257. The van der Waals surface area contributed by atoms with E-state index in [-0.39, 0.29) is 24.7 Å². The van der Waals surface area contributed by atoms with Crippen molar-refractivity contribution < 1.29 is 18.6 Å². The number of nitrogens with zero attached hydrogens (tertiary/aromatic N) is 1. The largest absolute Gasteiger partial charge is 0.395 e. The second-order valence-corrected chi connectivity index (χ2v) is 5.96. The highest BCUT2D eigenvalue weighted by Crippen LogP contribution is 2.16. The summed E-state index contributed by atoms with van der Waals surface area (Å²) in [5.74, 6) is 5.55. The van der Waals surface area contributed by atoms with Gasteiger partial charge in [-0.15, -0.1) is 0 Å². The molecule has 6 heteroatoms. The first-order valence-electron chi connectivity index (χ1n) is 6.37. The number of rotatable bonds is 6. The van der Waals surface area contributed by atoms with Crippen LogP contribution in [0.1, 0.15) is 18.9 Å². The van der Waals surface area contributed by atoms with Crippen molar-refractivity contribution in [1.82, 2.24) is 4.31 Å². The number of hydrogen-bond acceptors (Lipinski definition) is 4. The molecule has 0 saturated heterocycles. The Bertz CT molecular complexity index is 587. The van der Waals surface area contributed by atoms with Crippen molar-refractivity contribution in [3.63, 3.8) is 0 Å². The van der Waals surface area contributed by atoms with Crippen LogP contribution in [0.15, 0.2) is 29.2 Å². The van der Waals surface area contributed by atoms with Gasteiger partial charge in [-0.1, -0.05) is 24.8 Å². The Hall–Kier alpha value is -1.39. The third kappa shape index (κ3) is 4.32. The van der Waals surface area contributed by atoms with E-state index in [9.17, 15) is 8.42 Å². The van der Waals surface area contributed by atoms with E-state index in [1.165, 1.54) is 16.4 Å². The van der Waals surface area contributed by atoms with Crippen LogP contribution in [0.5, 0.6) is 0 Å². The molecule has 0 aliphatic rings. The quantitative estimate of drug-likeness (QED) is 0.746. The predicted molar refractivity (Wildman–Crippen MR) is 76.5 cm³/mol. The Labute approximate surface area is 119 Å². The fourth-order valence-electron chi connectivity index (χ4n) is 1.66. The molecule has 5 nitrogen and oxygen atoms in total. The molecule has 0 unspecified atom stereocenters. The number of likely N-dealkylation sites (N-methyl/N-ethyl adjacent to an activating group) is 1. The fraction of sp³-hybridized carbons (Fsp3) is 0.429. The van der Waals surface area contributed by atoms with Gasteiger partial charge in [0.1, 0.15) is 0 Å². The minimum atomic E-state index is -3.61. The molecule has 0 amide bonds. The van der Waals surface area contributed by atoms with Crippen molar-refractivity contribution in [3.05, 3.63) is 29.8 Å². The van der Waals surface area contributed by atoms with Crippen LogP contribution in [0.25, 0.3) is 0 Å². The van der Waals surface area contributed by atoms with Gasteiger partial charge in [-0.2, -0.15) is 4.31 Å². The Morgan fingerprint density at radius 1 is 1.25 bits per heavy atom. The third-order valence-electron chi connectivity index (χ3n) is 2.64. The lowest BCUT2D eigenvalue weighted by atomic mass is 10.2. The van der Waals surface area contributed by atoms with Gasteiger partial charge in [-0.25, -0.2) is 8.42 Å². The Balaban J connectivity index is 3.07.